The SMILES string of the molecule is COc1cc(Sc2ccc(C#N)cc2)ccc1O. The molecular formula is C14H11NO2S. The number of nitriles is 1. The van der Waals surface area contributed by atoms with Crippen LogP contribution >= 0.6 is 11.8 Å². The van der Waals surface area contributed by atoms with E-state index in [1.165, 1.54) is 7.11 Å². The van der Waals surface area contributed by atoms with Crippen LogP contribution in [0, 0.1) is 11.3 Å². The van der Waals surface area contributed by atoms with Crippen LogP contribution in [0.3, 0.4) is 0 Å². The van der Waals surface area contributed by atoms with Gasteiger partial charge in [-0.25, -0.2) is 0 Å². The minimum absolute atomic E-state index is 0.127. The molecule has 2 aromatic rings. The lowest BCUT2D eigenvalue weighted by atomic mass is 10.2. The van der Waals surface area contributed by atoms with Gasteiger partial charge in [0.25, 0.3) is 0 Å². The number of rotatable bonds is 3. The van der Waals surface area contributed by atoms with Gasteiger partial charge in [0.05, 0.1) is 18.7 Å². The van der Waals surface area contributed by atoms with Gasteiger partial charge < -0.3 is 9.84 Å². The molecule has 0 atom stereocenters. The first kappa shape index (κ1) is 12.3. The zero-order chi connectivity index (χ0) is 13.0. The smallest absolute Gasteiger partial charge is 0.161 e. The van der Waals surface area contributed by atoms with Crippen molar-refractivity contribution >= 4 is 11.8 Å². The fourth-order valence-electron chi connectivity index (χ4n) is 1.46. The minimum atomic E-state index is 0.127. The number of hydrogen-bond acceptors (Lipinski definition) is 4. The highest BCUT2D eigenvalue weighted by molar-refractivity contribution is 7.99. The summed E-state index contributed by atoms with van der Waals surface area (Å²) in [4.78, 5) is 2.00. The summed E-state index contributed by atoms with van der Waals surface area (Å²) in [6, 6.07) is 14.6. The topological polar surface area (TPSA) is 53.2 Å². The van der Waals surface area contributed by atoms with Crippen molar-refractivity contribution in [2.75, 3.05) is 7.11 Å². The van der Waals surface area contributed by atoms with Crippen molar-refractivity contribution in [1.82, 2.24) is 0 Å². The molecule has 0 amide bonds. The highest BCUT2D eigenvalue weighted by atomic mass is 32.2. The van der Waals surface area contributed by atoms with E-state index in [0.717, 1.165) is 9.79 Å². The van der Waals surface area contributed by atoms with Crippen molar-refractivity contribution in [3.05, 3.63) is 48.0 Å². The van der Waals surface area contributed by atoms with Crippen molar-refractivity contribution in [2.24, 2.45) is 0 Å². The van der Waals surface area contributed by atoms with Crippen LogP contribution in [0.1, 0.15) is 5.56 Å². The van der Waals surface area contributed by atoms with Gasteiger partial charge in [-0.3, -0.25) is 0 Å². The van der Waals surface area contributed by atoms with Gasteiger partial charge >= 0.3 is 0 Å². The number of aromatic hydroxyl groups is 1. The number of ether oxygens (including phenoxy) is 1. The highest BCUT2D eigenvalue weighted by Crippen LogP contribution is 2.34. The van der Waals surface area contributed by atoms with Crippen LogP contribution in [-0.2, 0) is 0 Å². The average Bonchev–Trinajstić information content (AvgIpc) is 2.42. The van der Waals surface area contributed by atoms with Gasteiger partial charge in [-0.1, -0.05) is 11.8 Å². The Hall–Kier alpha value is -2.12. The Labute approximate surface area is 110 Å². The summed E-state index contributed by atoms with van der Waals surface area (Å²) in [7, 11) is 1.52. The summed E-state index contributed by atoms with van der Waals surface area (Å²) < 4.78 is 5.05. The van der Waals surface area contributed by atoms with E-state index < -0.39 is 0 Å². The predicted octanol–water partition coefficient (Wildman–Crippen LogP) is 3.42. The van der Waals surface area contributed by atoms with E-state index in [-0.39, 0.29) is 5.75 Å². The third kappa shape index (κ3) is 2.76. The molecule has 0 fully saturated rings. The molecule has 0 spiro atoms. The molecule has 4 heteroatoms. The molecule has 0 aromatic heterocycles. The van der Waals surface area contributed by atoms with Crippen LogP contribution in [0.25, 0.3) is 0 Å². The Kier molecular flexibility index (Phi) is 3.75. The maximum atomic E-state index is 9.50. The Balaban J connectivity index is 2.20. The van der Waals surface area contributed by atoms with Gasteiger partial charge in [-0.2, -0.15) is 5.26 Å². The van der Waals surface area contributed by atoms with Crippen LogP contribution in [0.5, 0.6) is 11.5 Å². The lowest BCUT2D eigenvalue weighted by molar-refractivity contribution is 0.372. The molecule has 0 saturated heterocycles. The van der Waals surface area contributed by atoms with Crippen molar-refractivity contribution in [3.8, 4) is 17.6 Å². The van der Waals surface area contributed by atoms with Crippen LogP contribution in [0.15, 0.2) is 52.3 Å². The first-order valence-electron chi connectivity index (χ1n) is 5.28. The van der Waals surface area contributed by atoms with Crippen molar-refractivity contribution < 1.29 is 9.84 Å². The van der Waals surface area contributed by atoms with Crippen LogP contribution in [0.4, 0.5) is 0 Å². The Morgan fingerprint density at radius 2 is 1.78 bits per heavy atom. The number of phenolic OH excluding ortho intramolecular Hbond substituents is 1. The van der Waals surface area contributed by atoms with E-state index in [1.54, 1.807) is 36.0 Å². The first-order chi connectivity index (χ1) is 8.72. The zero-order valence-electron chi connectivity index (χ0n) is 9.75. The molecule has 90 valence electrons. The number of methoxy groups -OCH3 is 1. The molecule has 0 heterocycles. The lowest BCUT2D eigenvalue weighted by Gasteiger charge is -2.06. The third-order valence-electron chi connectivity index (χ3n) is 2.37. The number of hydrogen-bond donors (Lipinski definition) is 1. The second-order valence-corrected chi connectivity index (χ2v) is 4.72. The van der Waals surface area contributed by atoms with E-state index in [2.05, 4.69) is 6.07 Å². The number of benzene rings is 2. The quantitative estimate of drug-likeness (QED) is 0.915. The van der Waals surface area contributed by atoms with Gasteiger partial charge in [0, 0.05) is 9.79 Å². The van der Waals surface area contributed by atoms with E-state index in [9.17, 15) is 5.11 Å². The van der Waals surface area contributed by atoms with Crippen LogP contribution in [-0.4, -0.2) is 12.2 Å². The van der Waals surface area contributed by atoms with Crippen molar-refractivity contribution in [2.45, 2.75) is 9.79 Å². The molecule has 0 aliphatic carbocycles. The van der Waals surface area contributed by atoms with Gasteiger partial charge in [0.1, 0.15) is 0 Å². The summed E-state index contributed by atoms with van der Waals surface area (Å²) in [5.41, 5.74) is 0.641. The second-order valence-electron chi connectivity index (χ2n) is 3.57. The molecule has 3 nitrogen and oxygen atoms in total. The van der Waals surface area contributed by atoms with E-state index >= 15 is 0 Å². The van der Waals surface area contributed by atoms with E-state index in [0.29, 0.717) is 11.3 Å². The molecule has 1 N–H and O–H groups in total. The fourth-order valence-corrected chi connectivity index (χ4v) is 2.30. The van der Waals surface area contributed by atoms with Crippen LogP contribution in [0.2, 0.25) is 0 Å². The summed E-state index contributed by atoms with van der Waals surface area (Å²) in [6.07, 6.45) is 0. The molecule has 2 aromatic carbocycles. The minimum Gasteiger partial charge on any atom is -0.504 e. The van der Waals surface area contributed by atoms with Crippen LogP contribution < -0.4 is 4.74 Å². The molecule has 0 aliphatic rings. The molecular weight excluding hydrogens is 246 g/mol. The standard InChI is InChI=1S/C14H11NO2S/c1-17-14-8-12(6-7-13(14)16)18-11-4-2-10(9-15)3-5-11/h2-8,16H,1H3. The molecule has 18 heavy (non-hydrogen) atoms. The molecule has 0 saturated carbocycles. The van der Waals surface area contributed by atoms with Gasteiger partial charge in [0.15, 0.2) is 11.5 Å². The maximum Gasteiger partial charge on any atom is 0.161 e. The molecule has 0 unspecified atom stereocenters. The lowest BCUT2D eigenvalue weighted by Crippen LogP contribution is -1.84. The molecule has 2 rings (SSSR count). The number of nitrogens with zero attached hydrogens (tertiary/aromatic N) is 1. The summed E-state index contributed by atoms with van der Waals surface area (Å²) in [5, 5.41) is 18.2. The largest absolute Gasteiger partial charge is 0.504 e. The Bertz CT molecular complexity index is 588. The Morgan fingerprint density at radius 3 is 2.39 bits per heavy atom. The van der Waals surface area contributed by atoms with Gasteiger partial charge in [-0.15, -0.1) is 0 Å². The average molecular weight is 257 g/mol. The van der Waals surface area contributed by atoms with Gasteiger partial charge in [-0.05, 0) is 42.5 Å². The fraction of sp³-hybridized carbons (Fsp3) is 0.0714. The summed E-state index contributed by atoms with van der Waals surface area (Å²) >= 11 is 1.54. The predicted molar refractivity (Wildman–Crippen MR) is 69.9 cm³/mol. The normalized spacial score (nSPS) is 9.78. The van der Waals surface area contributed by atoms with E-state index in [1.807, 2.05) is 18.2 Å². The summed E-state index contributed by atoms with van der Waals surface area (Å²) in [6.45, 7) is 0. The number of phenols is 1. The molecule has 0 aliphatic heterocycles. The summed E-state index contributed by atoms with van der Waals surface area (Å²) in [5.74, 6) is 0.579. The highest BCUT2D eigenvalue weighted by Gasteiger charge is 2.04. The third-order valence-corrected chi connectivity index (χ3v) is 3.37. The maximum absolute atomic E-state index is 9.50. The Morgan fingerprint density at radius 1 is 1.11 bits per heavy atom. The molecule has 0 radical (unpaired) electrons. The second kappa shape index (κ2) is 5.48. The monoisotopic (exact) mass is 257 g/mol. The van der Waals surface area contributed by atoms with Crippen molar-refractivity contribution in [3.63, 3.8) is 0 Å². The zero-order valence-corrected chi connectivity index (χ0v) is 10.6. The molecule has 0 bridgehead atoms. The first-order valence-corrected chi connectivity index (χ1v) is 6.09. The van der Waals surface area contributed by atoms with E-state index in [4.69, 9.17) is 10.00 Å². The van der Waals surface area contributed by atoms with Crippen molar-refractivity contribution in [1.29, 1.82) is 5.26 Å². The van der Waals surface area contributed by atoms with Gasteiger partial charge in [0.2, 0.25) is 0 Å².